The molecule has 2 heterocycles. The number of sulfone groups is 1. The Labute approximate surface area is 199 Å². The van der Waals surface area contributed by atoms with E-state index in [1.165, 1.54) is 21.9 Å². The van der Waals surface area contributed by atoms with Crippen molar-refractivity contribution >= 4 is 42.4 Å². The Kier molecular flexibility index (Phi) is 7.02. The molecule has 0 unspecified atom stereocenters. The maximum absolute atomic E-state index is 12.6. The normalized spacial score (nSPS) is 15.2. The lowest BCUT2D eigenvalue weighted by molar-refractivity contribution is 0.0944. The number of fused-ring (bicyclic) bond motifs is 1. The Morgan fingerprint density at radius 2 is 1.76 bits per heavy atom. The molecule has 0 radical (unpaired) electrons. The maximum atomic E-state index is 12.6. The topological polar surface area (TPSA) is 82.6 Å². The summed E-state index contributed by atoms with van der Waals surface area (Å²) in [5, 5.41) is 3.96. The second-order valence-corrected chi connectivity index (χ2v) is 11.6. The van der Waals surface area contributed by atoms with Crippen LogP contribution in [0.5, 0.6) is 0 Å². The molecule has 1 aliphatic rings. The van der Waals surface area contributed by atoms with Crippen LogP contribution >= 0.6 is 11.3 Å². The molecular weight excluding hydrogens is 456 g/mol. The van der Waals surface area contributed by atoms with Gasteiger partial charge in [0, 0.05) is 39.3 Å². The predicted molar refractivity (Wildman–Crippen MR) is 134 cm³/mol. The number of thiazole rings is 1. The number of aromatic nitrogens is 1. The average molecular weight is 487 g/mol. The number of anilines is 1. The Hall–Kier alpha value is -2.49. The van der Waals surface area contributed by atoms with Gasteiger partial charge in [-0.1, -0.05) is 42.5 Å². The molecule has 0 atom stereocenters. The average Bonchev–Trinajstić information content (AvgIpc) is 3.29. The van der Waals surface area contributed by atoms with Crippen LogP contribution in [0.4, 0.5) is 5.13 Å². The molecule has 2 aromatic carbocycles. The fourth-order valence-corrected chi connectivity index (χ4v) is 6.31. The minimum absolute atomic E-state index is 0.0324. The molecule has 33 heavy (non-hydrogen) atoms. The first-order valence-corrected chi connectivity index (χ1v) is 13.7. The van der Waals surface area contributed by atoms with Gasteiger partial charge in [-0.2, -0.15) is 0 Å². The number of benzene rings is 2. The second kappa shape index (κ2) is 9.79. The van der Waals surface area contributed by atoms with E-state index in [-0.39, 0.29) is 22.1 Å². The van der Waals surface area contributed by atoms with Gasteiger partial charge in [0.15, 0.2) is 15.0 Å². The van der Waals surface area contributed by atoms with Crippen LogP contribution in [0.3, 0.4) is 0 Å². The van der Waals surface area contributed by atoms with Crippen LogP contribution in [-0.4, -0.2) is 69.2 Å². The highest BCUT2D eigenvalue weighted by molar-refractivity contribution is 7.91. The first-order chi connectivity index (χ1) is 15.8. The van der Waals surface area contributed by atoms with Crippen LogP contribution < -0.4 is 10.2 Å². The third kappa shape index (κ3) is 5.05. The predicted octanol–water partition coefficient (Wildman–Crippen LogP) is 3.26. The van der Waals surface area contributed by atoms with E-state index in [1.54, 1.807) is 36.5 Å². The van der Waals surface area contributed by atoms with E-state index in [0.29, 0.717) is 6.54 Å². The summed E-state index contributed by atoms with van der Waals surface area (Å²) >= 11 is 1.76. The number of rotatable bonds is 7. The smallest absolute Gasteiger partial charge is 0.252 e. The van der Waals surface area contributed by atoms with Crippen LogP contribution in [-0.2, 0) is 9.84 Å². The van der Waals surface area contributed by atoms with Gasteiger partial charge in [0.05, 0.1) is 26.4 Å². The van der Waals surface area contributed by atoms with Crippen LogP contribution in [0, 0.1) is 13.8 Å². The number of amides is 1. The summed E-state index contributed by atoms with van der Waals surface area (Å²) in [6, 6.07) is 10.7. The van der Waals surface area contributed by atoms with Gasteiger partial charge in [0.2, 0.25) is 0 Å². The molecule has 1 aliphatic heterocycles. The van der Waals surface area contributed by atoms with Gasteiger partial charge >= 0.3 is 0 Å². The first kappa shape index (κ1) is 23.7. The Morgan fingerprint density at radius 1 is 1.06 bits per heavy atom. The Morgan fingerprint density at radius 3 is 2.45 bits per heavy atom. The summed E-state index contributed by atoms with van der Waals surface area (Å²) in [5.74, 6) is -0.378. The third-order valence-corrected chi connectivity index (χ3v) is 9.17. The van der Waals surface area contributed by atoms with E-state index in [9.17, 15) is 13.2 Å². The van der Waals surface area contributed by atoms with Gasteiger partial charge in [-0.25, -0.2) is 13.4 Å². The number of carbonyl (C=O) groups excluding carboxylic acids is 1. The standard InChI is InChI=1S/C24H30N4O3S2/c1-4-33(30,31)20-8-6-5-7-19(20)23(29)25-11-12-27-13-15-28(16-14-27)24-26-21-17(2)9-10-18(3)22(21)32-24/h5-10H,4,11-16H2,1-3H3,(H,25,29). The molecule has 176 valence electrons. The number of piperazine rings is 1. The molecule has 1 N–H and O–H groups in total. The fraction of sp³-hybridized carbons (Fsp3) is 0.417. The number of nitrogens with zero attached hydrogens (tertiary/aromatic N) is 3. The highest BCUT2D eigenvalue weighted by atomic mass is 32.2. The minimum Gasteiger partial charge on any atom is -0.351 e. The van der Waals surface area contributed by atoms with Crippen molar-refractivity contribution < 1.29 is 13.2 Å². The van der Waals surface area contributed by atoms with Gasteiger partial charge < -0.3 is 10.2 Å². The van der Waals surface area contributed by atoms with Crippen LogP contribution in [0.2, 0.25) is 0 Å². The van der Waals surface area contributed by atoms with Crippen LogP contribution in [0.25, 0.3) is 10.2 Å². The van der Waals surface area contributed by atoms with E-state index in [2.05, 4.69) is 41.1 Å². The molecule has 0 bridgehead atoms. The van der Waals surface area contributed by atoms with E-state index >= 15 is 0 Å². The number of nitrogens with one attached hydrogen (secondary N) is 1. The molecule has 0 spiro atoms. The zero-order valence-electron chi connectivity index (χ0n) is 19.3. The van der Waals surface area contributed by atoms with Crippen molar-refractivity contribution in [3.8, 4) is 0 Å². The number of hydrogen-bond donors (Lipinski definition) is 1. The van der Waals surface area contributed by atoms with Crippen molar-refractivity contribution in [3.63, 3.8) is 0 Å². The van der Waals surface area contributed by atoms with Crippen molar-refractivity contribution in [1.29, 1.82) is 0 Å². The lowest BCUT2D eigenvalue weighted by Crippen LogP contribution is -2.48. The molecule has 0 aliphatic carbocycles. The summed E-state index contributed by atoms with van der Waals surface area (Å²) in [7, 11) is -3.45. The molecule has 3 aromatic rings. The van der Waals surface area contributed by atoms with Gasteiger partial charge in [0.1, 0.15) is 0 Å². The molecule has 1 fully saturated rings. The molecule has 1 aromatic heterocycles. The van der Waals surface area contributed by atoms with Gasteiger partial charge in [-0.3, -0.25) is 9.69 Å². The van der Waals surface area contributed by atoms with E-state index in [1.807, 2.05) is 0 Å². The highest BCUT2D eigenvalue weighted by Gasteiger charge is 2.22. The zero-order chi connectivity index (χ0) is 23.6. The molecule has 9 heteroatoms. The maximum Gasteiger partial charge on any atom is 0.252 e. The molecule has 0 saturated carbocycles. The monoisotopic (exact) mass is 486 g/mol. The highest BCUT2D eigenvalue weighted by Crippen LogP contribution is 2.33. The minimum atomic E-state index is -3.45. The molecule has 7 nitrogen and oxygen atoms in total. The first-order valence-electron chi connectivity index (χ1n) is 11.2. The van der Waals surface area contributed by atoms with Gasteiger partial charge in [-0.05, 0) is 37.1 Å². The molecule has 1 saturated heterocycles. The van der Waals surface area contributed by atoms with Crippen LogP contribution in [0.15, 0.2) is 41.3 Å². The van der Waals surface area contributed by atoms with Gasteiger partial charge in [-0.15, -0.1) is 0 Å². The summed E-state index contributed by atoms with van der Waals surface area (Å²) in [5.41, 5.74) is 3.79. The molecular formula is C24H30N4O3S2. The third-order valence-electron chi connectivity index (χ3n) is 6.13. The SMILES string of the molecule is CCS(=O)(=O)c1ccccc1C(=O)NCCN1CCN(c2nc3c(C)ccc(C)c3s2)CC1. The lowest BCUT2D eigenvalue weighted by atomic mass is 10.1. The van der Waals surface area contributed by atoms with Crippen molar-refractivity contribution in [2.24, 2.45) is 0 Å². The summed E-state index contributed by atoms with van der Waals surface area (Å²) in [6.07, 6.45) is 0. The van der Waals surface area contributed by atoms with E-state index < -0.39 is 9.84 Å². The van der Waals surface area contributed by atoms with Crippen molar-refractivity contribution in [3.05, 3.63) is 53.1 Å². The van der Waals surface area contributed by atoms with Crippen molar-refractivity contribution in [2.45, 2.75) is 25.7 Å². The molecule has 4 rings (SSSR count). The molecule has 1 amide bonds. The van der Waals surface area contributed by atoms with E-state index in [4.69, 9.17) is 4.98 Å². The summed E-state index contributed by atoms with van der Waals surface area (Å²) < 4.78 is 25.8. The number of aryl methyl sites for hydroxylation is 2. The zero-order valence-corrected chi connectivity index (χ0v) is 20.9. The van der Waals surface area contributed by atoms with Gasteiger partial charge in [0.25, 0.3) is 5.91 Å². The van der Waals surface area contributed by atoms with E-state index in [0.717, 1.165) is 43.4 Å². The van der Waals surface area contributed by atoms with Crippen molar-refractivity contribution in [1.82, 2.24) is 15.2 Å². The fourth-order valence-electron chi connectivity index (χ4n) is 4.05. The number of carbonyl (C=O) groups is 1. The second-order valence-electron chi connectivity index (χ2n) is 8.36. The van der Waals surface area contributed by atoms with Crippen LogP contribution in [0.1, 0.15) is 28.4 Å². The van der Waals surface area contributed by atoms with Crippen molar-refractivity contribution in [2.75, 3.05) is 49.9 Å². The summed E-state index contributed by atoms with van der Waals surface area (Å²) in [4.78, 5) is 22.3. The Bertz CT molecular complexity index is 1220. The quantitative estimate of drug-likeness (QED) is 0.552. The lowest BCUT2D eigenvalue weighted by Gasteiger charge is -2.34. The number of hydrogen-bond acceptors (Lipinski definition) is 7. The summed E-state index contributed by atoms with van der Waals surface area (Å²) in [6.45, 7) is 10.6. The largest absolute Gasteiger partial charge is 0.351 e. The Balaban J connectivity index is 1.31.